The number of hydrogen-bond acceptors (Lipinski definition) is 4. The molecule has 2 aromatic rings. The van der Waals surface area contributed by atoms with Crippen molar-refractivity contribution in [3.05, 3.63) is 60.2 Å². The summed E-state index contributed by atoms with van der Waals surface area (Å²) in [4.78, 5) is 12.3. The van der Waals surface area contributed by atoms with E-state index in [2.05, 4.69) is 5.32 Å². The van der Waals surface area contributed by atoms with Gasteiger partial charge in [0.15, 0.2) is 0 Å². The highest BCUT2D eigenvalue weighted by Crippen LogP contribution is 2.22. The molecule has 0 saturated carbocycles. The van der Waals surface area contributed by atoms with Gasteiger partial charge in [0.05, 0.1) is 25.1 Å². The number of anilines is 1. The molecule has 0 aliphatic carbocycles. The second-order valence-electron chi connectivity index (χ2n) is 6.58. The van der Waals surface area contributed by atoms with Crippen LogP contribution in [0.5, 0.6) is 5.75 Å². The first kappa shape index (κ1) is 21.8. The van der Waals surface area contributed by atoms with Crippen molar-refractivity contribution in [3.63, 3.8) is 0 Å². The summed E-state index contributed by atoms with van der Waals surface area (Å²) in [6.45, 7) is 2.26. The van der Waals surface area contributed by atoms with Crippen LogP contribution in [-0.4, -0.2) is 34.2 Å². The molecule has 6 nitrogen and oxygen atoms in total. The highest BCUT2D eigenvalue weighted by molar-refractivity contribution is 7.92. The summed E-state index contributed by atoms with van der Waals surface area (Å²) in [5.74, 6) is 0.571. The number of ether oxygens (including phenoxy) is 1. The third-order valence-corrected chi connectivity index (χ3v) is 5.67. The number of sulfonamides is 1. The molecule has 0 radical (unpaired) electrons. The molecule has 2 aromatic carbocycles. The van der Waals surface area contributed by atoms with Gasteiger partial charge < -0.3 is 10.1 Å². The Morgan fingerprint density at radius 1 is 1.11 bits per heavy atom. The molecule has 1 N–H and O–H groups in total. The Kier molecular flexibility index (Phi) is 7.87. The van der Waals surface area contributed by atoms with Crippen LogP contribution in [0, 0.1) is 0 Å². The van der Waals surface area contributed by atoms with Crippen LogP contribution < -0.4 is 14.4 Å². The Labute approximate surface area is 167 Å². The van der Waals surface area contributed by atoms with E-state index in [0.717, 1.165) is 12.0 Å². The zero-order chi connectivity index (χ0) is 20.6. The SMILES string of the molecule is CC[C@@H](NC(=O)CCCN(c1ccc(OC)cc1)S(C)(=O)=O)c1ccccc1. The van der Waals surface area contributed by atoms with Crippen molar-refractivity contribution in [1.29, 1.82) is 0 Å². The van der Waals surface area contributed by atoms with E-state index in [1.165, 1.54) is 10.6 Å². The van der Waals surface area contributed by atoms with Crippen LogP contribution in [-0.2, 0) is 14.8 Å². The number of methoxy groups -OCH3 is 1. The minimum atomic E-state index is -3.45. The second-order valence-corrected chi connectivity index (χ2v) is 8.48. The number of hydrogen-bond donors (Lipinski definition) is 1. The van der Waals surface area contributed by atoms with E-state index >= 15 is 0 Å². The van der Waals surface area contributed by atoms with Crippen LogP contribution >= 0.6 is 0 Å². The molecule has 0 aliphatic heterocycles. The second kappa shape index (κ2) is 10.1. The van der Waals surface area contributed by atoms with Gasteiger partial charge >= 0.3 is 0 Å². The molecule has 0 spiro atoms. The smallest absolute Gasteiger partial charge is 0.232 e. The molecule has 1 amide bonds. The maximum absolute atomic E-state index is 12.3. The monoisotopic (exact) mass is 404 g/mol. The van der Waals surface area contributed by atoms with Gasteiger partial charge in [0.2, 0.25) is 15.9 Å². The predicted molar refractivity (Wildman–Crippen MR) is 112 cm³/mol. The molecule has 2 rings (SSSR count). The third kappa shape index (κ3) is 6.27. The van der Waals surface area contributed by atoms with Crippen molar-refractivity contribution in [2.24, 2.45) is 0 Å². The van der Waals surface area contributed by atoms with E-state index in [9.17, 15) is 13.2 Å². The Morgan fingerprint density at radius 2 is 1.75 bits per heavy atom. The van der Waals surface area contributed by atoms with Gasteiger partial charge in [-0.15, -0.1) is 0 Å². The zero-order valence-corrected chi connectivity index (χ0v) is 17.4. The fraction of sp³-hybridized carbons (Fsp3) is 0.381. The number of rotatable bonds is 10. The molecular weight excluding hydrogens is 376 g/mol. The van der Waals surface area contributed by atoms with Gasteiger partial charge in [-0.3, -0.25) is 9.10 Å². The number of nitrogens with zero attached hydrogens (tertiary/aromatic N) is 1. The van der Waals surface area contributed by atoms with Crippen molar-refractivity contribution in [3.8, 4) is 5.75 Å². The summed E-state index contributed by atoms with van der Waals surface area (Å²) >= 11 is 0. The fourth-order valence-electron chi connectivity index (χ4n) is 2.99. The lowest BCUT2D eigenvalue weighted by atomic mass is 10.0. The summed E-state index contributed by atoms with van der Waals surface area (Å²) in [6.07, 6.45) is 2.64. The predicted octanol–water partition coefficient (Wildman–Crippen LogP) is 3.51. The number of amides is 1. The van der Waals surface area contributed by atoms with Crippen molar-refractivity contribution < 1.29 is 17.9 Å². The third-order valence-electron chi connectivity index (χ3n) is 4.47. The molecule has 0 aromatic heterocycles. The van der Waals surface area contributed by atoms with Gasteiger partial charge in [-0.2, -0.15) is 0 Å². The summed E-state index contributed by atoms with van der Waals surface area (Å²) in [7, 11) is -1.89. The largest absolute Gasteiger partial charge is 0.497 e. The van der Waals surface area contributed by atoms with E-state index in [-0.39, 0.29) is 24.9 Å². The first-order valence-electron chi connectivity index (χ1n) is 9.31. The number of nitrogens with one attached hydrogen (secondary N) is 1. The standard InChI is InChI=1S/C21H28N2O4S/c1-4-20(17-9-6-5-7-10-17)22-21(24)11-8-16-23(28(3,25)26)18-12-14-19(27-2)15-13-18/h5-7,9-10,12-15,20H,4,8,11,16H2,1-3H3,(H,22,24)/t20-/m1/s1. The lowest BCUT2D eigenvalue weighted by molar-refractivity contribution is -0.121. The fourth-order valence-corrected chi connectivity index (χ4v) is 3.96. The molecule has 0 fully saturated rings. The Morgan fingerprint density at radius 3 is 2.29 bits per heavy atom. The van der Waals surface area contributed by atoms with Gasteiger partial charge in [0.1, 0.15) is 5.75 Å². The van der Waals surface area contributed by atoms with Gasteiger partial charge in [-0.05, 0) is 42.7 Å². The first-order valence-corrected chi connectivity index (χ1v) is 11.2. The normalized spacial score (nSPS) is 12.2. The molecule has 28 heavy (non-hydrogen) atoms. The Bertz CT molecular complexity index is 852. The average molecular weight is 405 g/mol. The summed E-state index contributed by atoms with van der Waals surface area (Å²) < 4.78 is 30.8. The molecule has 152 valence electrons. The van der Waals surface area contributed by atoms with E-state index in [1.54, 1.807) is 31.4 Å². The minimum Gasteiger partial charge on any atom is -0.497 e. The number of benzene rings is 2. The molecule has 0 bridgehead atoms. The lowest BCUT2D eigenvalue weighted by Crippen LogP contribution is -2.32. The lowest BCUT2D eigenvalue weighted by Gasteiger charge is -2.23. The molecule has 0 saturated heterocycles. The summed E-state index contributed by atoms with van der Waals surface area (Å²) in [6, 6.07) is 16.6. The quantitative estimate of drug-likeness (QED) is 0.657. The van der Waals surface area contributed by atoms with Crippen molar-refractivity contribution in [2.45, 2.75) is 32.2 Å². The van der Waals surface area contributed by atoms with E-state index in [0.29, 0.717) is 17.9 Å². The molecule has 7 heteroatoms. The average Bonchev–Trinajstić information content (AvgIpc) is 2.69. The van der Waals surface area contributed by atoms with Gasteiger partial charge in [-0.1, -0.05) is 37.3 Å². The van der Waals surface area contributed by atoms with Crippen LogP contribution in [0.1, 0.15) is 37.8 Å². The van der Waals surface area contributed by atoms with Crippen LogP contribution in [0.4, 0.5) is 5.69 Å². The first-order chi connectivity index (χ1) is 13.3. The van der Waals surface area contributed by atoms with Crippen LogP contribution in [0.25, 0.3) is 0 Å². The molecule has 0 aliphatic rings. The van der Waals surface area contributed by atoms with Crippen LogP contribution in [0.2, 0.25) is 0 Å². The molecule has 0 unspecified atom stereocenters. The van der Waals surface area contributed by atoms with Crippen LogP contribution in [0.15, 0.2) is 54.6 Å². The highest BCUT2D eigenvalue weighted by atomic mass is 32.2. The topological polar surface area (TPSA) is 75.7 Å². The maximum Gasteiger partial charge on any atom is 0.232 e. The zero-order valence-electron chi connectivity index (χ0n) is 16.6. The molecule has 0 heterocycles. The summed E-state index contributed by atoms with van der Waals surface area (Å²) in [5, 5.41) is 3.03. The Hall–Kier alpha value is -2.54. The van der Waals surface area contributed by atoms with Crippen LogP contribution in [0.3, 0.4) is 0 Å². The van der Waals surface area contributed by atoms with E-state index < -0.39 is 10.0 Å². The van der Waals surface area contributed by atoms with Crippen molar-refractivity contribution in [1.82, 2.24) is 5.32 Å². The number of carbonyl (C=O) groups excluding carboxylic acids is 1. The Balaban J connectivity index is 1.95. The van der Waals surface area contributed by atoms with E-state index in [1.807, 2.05) is 37.3 Å². The summed E-state index contributed by atoms with van der Waals surface area (Å²) in [5.41, 5.74) is 1.62. The number of carbonyl (C=O) groups is 1. The minimum absolute atomic E-state index is 0.0405. The van der Waals surface area contributed by atoms with Crippen molar-refractivity contribution >= 4 is 21.6 Å². The molecule has 1 atom stereocenters. The van der Waals surface area contributed by atoms with Gasteiger partial charge in [-0.25, -0.2) is 8.42 Å². The van der Waals surface area contributed by atoms with Gasteiger partial charge in [0.25, 0.3) is 0 Å². The maximum atomic E-state index is 12.3. The van der Waals surface area contributed by atoms with Crippen molar-refractivity contribution in [2.75, 3.05) is 24.2 Å². The molecular formula is C21H28N2O4S. The van der Waals surface area contributed by atoms with E-state index in [4.69, 9.17) is 4.74 Å². The highest BCUT2D eigenvalue weighted by Gasteiger charge is 2.18. The van der Waals surface area contributed by atoms with Gasteiger partial charge in [0, 0.05) is 13.0 Å².